The van der Waals surface area contributed by atoms with Gasteiger partial charge in [-0.05, 0) is 36.1 Å². The first-order chi connectivity index (χ1) is 9.24. The summed E-state index contributed by atoms with van der Waals surface area (Å²) in [4.78, 5) is 0. The van der Waals surface area contributed by atoms with Gasteiger partial charge in [-0.1, -0.05) is 26.0 Å². The van der Waals surface area contributed by atoms with Gasteiger partial charge in [0.25, 0.3) is 0 Å². The van der Waals surface area contributed by atoms with Crippen molar-refractivity contribution in [2.24, 2.45) is 5.92 Å². The number of hydrogen-bond acceptors (Lipinski definition) is 3. The van der Waals surface area contributed by atoms with Crippen LogP contribution >= 0.6 is 0 Å². The lowest BCUT2D eigenvalue weighted by atomic mass is 9.94. The third kappa shape index (κ3) is 3.71. The Morgan fingerprint density at radius 1 is 1.42 bits per heavy atom. The molecule has 0 spiro atoms. The summed E-state index contributed by atoms with van der Waals surface area (Å²) >= 11 is 0. The second-order valence-corrected chi connectivity index (χ2v) is 5.37. The molecule has 0 fully saturated rings. The molecular weight excluding hydrogens is 238 g/mol. The fourth-order valence-electron chi connectivity index (χ4n) is 2.76. The highest BCUT2D eigenvalue weighted by Crippen LogP contribution is 2.30. The zero-order chi connectivity index (χ0) is 13.7. The molecule has 0 bridgehead atoms. The molecule has 0 amide bonds. The van der Waals surface area contributed by atoms with Crippen LogP contribution in [0.1, 0.15) is 37.4 Å². The molecule has 0 saturated heterocycles. The first-order valence-electron chi connectivity index (χ1n) is 7.22. The number of rotatable bonds is 7. The number of nitrogens with one attached hydrogen (secondary N) is 1. The Labute approximate surface area is 116 Å². The normalized spacial score (nSPS) is 16.8. The van der Waals surface area contributed by atoms with Crippen molar-refractivity contribution in [2.75, 3.05) is 26.9 Å². The average molecular weight is 263 g/mol. The summed E-state index contributed by atoms with van der Waals surface area (Å²) in [5.74, 6) is 1.61. The zero-order valence-corrected chi connectivity index (χ0v) is 12.2. The van der Waals surface area contributed by atoms with Crippen molar-refractivity contribution in [1.82, 2.24) is 5.32 Å². The highest BCUT2D eigenvalue weighted by atomic mass is 16.5. The van der Waals surface area contributed by atoms with Crippen LogP contribution in [0.4, 0.5) is 0 Å². The van der Waals surface area contributed by atoms with Crippen molar-refractivity contribution >= 4 is 0 Å². The second-order valence-electron chi connectivity index (χ2n) is 5.37. The molecule has 1 aliphatic heterocycles. The number of fused-ring (bicyclic) bond motifs is 1. The van der Waals surface area contributed by atoms with Crippen LogP contribution in [0.25, 0.3) is 0 Å². The van der Waals surface area contributed by atoms with Crippen molar-refractivity contribution in [3.63, 3.8) is 0 Å². The van der Waals surface area contributed by atoms with E-state index in [0.717, 1.165) is 38.3 Å². The minimum absolute atomic E-state index is 0.404. The van der Waals surface area contributed by atoms with Crippen LogP contribution in [-0.4, -0.2) is 26.9 Å². The van der Waals surface area contributed by atoms with Crippen molar-refractivity contribution in [3.05, 3.63) is 29.3 Å². The Balaban J connectivity index is 2.09. The lowest BCUT2D eigenvalue weighted by Gasteiger charge is -2.22. The smallest absolute Gasteiger partial charge is 0.122 e. The standard InChI is InChI=1S/C16H25NO2/c1-4-17-15(9-12(2)11-18-3)13-5-6-16-14(10-13)7-8-19-16/h5-6,10,12,15,17H,4,7-9,11H2,1-3H3. The van der Waals surface area contributed by atoms with Gasteiger partial charge in [-0.3, -0.25) is 0 Å². The molecule has 1 aliphatic rings. The molecule has 2 unspecified atom stereocenters. The van der Waals surface area contributed by atoms with Crippen LogP contribution in [-0.2, 0) is 11.2 Å². The molecule has 1 N–H and O–H groups in total. The highest BCUT2D eigenvalue weighted by molar-refractivity contribution is 5.40. The van der Waals surface area contributed by atoms with Crippen LogP contribution < -0.4 is 10.1 Å². The van der Waals surface area contributed by atoms with Gasteiger partial charge in [0.05, 0.1) is 6.61 Å². The largest absolute Gasteiger partial charge is 0.493 e. The third-order valence-electron chi connectivity index (χ3n) is 3.66. The SMILES string of the molecule is CCNC(CC(C)COC)c1ccc2c(c1)CCO2. The Morgan fingerprint density at radius 2 is 2.26 bits per heavy atom. The van der Waals surface area contributed by atoms with E-state index in [2.05, 4.69) is 37.4 Å². The van der Waals surface area contributed by atoms with Gasteiger partial charge in [0, 0.05) is 26.2 Å². The fraction of sp³-hybridized carbons (Fsp3) is 0.625. The van der Waals surface area contributed by atoms with Gasteiger partial charge < -0.3 is 14.8 Å². The highest BCUT2D eigenvalue weighted by Gasteiger charge is 2.18. The van der Waals surface area contributed by atoms with E-state index in [1.54, 1.807) is 7.11 Å². The zero-order valence-electron chi connectivity index (χ0n) is 12.2. The molecule has 1 heterocycles. The molecule has 19 heavy (non-hydrogen) atoms. The molecule has 106 valence electrons. The summed E-state index contributed by atoms with van der Waals surface area (Å²) in [6.45, 7) is 7.02. The van der Waals surface area contributed by atoms with E-state index in [0.29, 0.717) is 12.0 Å². The topological polar surface area (TPSA) is 30.5 Å². The Morgan fingerprint density at radius 3 is 3.00 bits per heavy atom. The van der Waals surface area contributed by atoms with Crippen LogP contribution in [0.3, 0.4) is 0 Å². The van der Waals surface area contributed by atoms with E-state index in [-0.39, 0.29) is 0 Å². The Hall–Kier alpha value is -1.06. The fourth-order valence-corrected chi connectivity index (χ4v) is 2.76. The van der Waals surface area contributed by atoms with E-state index >= 15 is 0 Å². The molecular formula is C16H25NO2. The summed E-state index contributed by atoms with van der Waals surface area (Å²) in [6.07, 6.45) is 2.14. The third-order valence-corrected chi connectivity index (χ3v) is 3.66. The first-order valence-corrected chi connectivity index (χ1v) is 7.22. The monoisotopic (exact) mass is 263 g/mol. The summed E-state index contributed by atoms with van der Waals surface area (Å²) in [5.41, 5.74) is 2.72. The lowest BCUT2D eigenvalue weighted by Crippen LogP contribution is -2.24. The van der Waals surface area contributed by atoms with E-state index in [4.69, 9.17) is 9.47 Å². The molecule has 0 radical (unpaired) electrons. The molecule has 0 aromatic heterocycles. The lowest BCUT2D eigenvalue weighted by molar-refractivity contribution is 0.149. The molecule has 3 heteroatoms. The van der Waals surface area contributed by atoms with Crippen LogP contribution in [0.2, 0.25) is 0 Å². The van der Waals surface area contributed by atoms with Gasteiger partial charge in [-0.2, -0.15) is 0 Å². The number of ether oxygens (including phenoxy) is 2. The maximum absolute atomic E-state index is 5.57. The number of hydrogen-bond donors (Lipinski definition) is 1. The molecule has 0 saturated carbocycles. The van der Waals surface area contributed by atoms with E-state index in [1.807, 2.05) is 0 Å². The molecule has 1 aromatic rings. The number of benzene rings is 1. The quantitative estimate of drug-likeness (QED) is 0.820. The molecule has 2 atom stereocenters. The van der Waals surface area contributed by atoms with Gasteiger partial charge in [-0.15, -0.1) is 0 Å². The van der Waals surface area contributed by atoms with Crippen LogP contribution in [0.15, 0.2) is 18.2 Å². The van der Waals surface area contributed by atoms with Gasteiger partial charge in [0.1, 0.15) is 5.75 Å². The van der Waals surface area contributed by atoms with E-state index < -0.39 is 0 Å². The molecule has 0 aliphatic carbocycles. The predicted molar refractivity (Wildman–Crippen MR) is 77.7 cm³/mol. The summed E-state index contributed by atoms with van der Waals surface area (Å²) in [6, 6.07) is 7.01. The molecule has 1 aromatic carbocycles. The van der Waals surface area contributed by atoms with Crippen molar-refractivity contribution in [1.29, 1.82) is 0 Å². The maximum Gasteiger partial charge on any atom is 0.122 e. The van der Waals surface area contributed by atoms with Gasteiger partial charge >= 0.3 is 0 Å². The van der Waals surface area contributed by atoms with E-state index in [9.17, 15) is 0 Å². The van der Waals surface area contributed by atoms with E-state index in [1.165, 1.54) is 11.1 Å². The molecule has 2 rings (SSSR count). The Bertz CT molecular complexity index is 406. The first kappa shape index (κ1) is 14.4. The number of methoxy groups -OCH3 is 1. The van der Waals surface area contributed by atoms with Crippen molar-refractivity contribution in [3.8, 4) is 5.75 Å². The maximum atomic E-state index is 5.57. The van der Waals surface area contributed by atoms with Crippen LogP contribution in [0, 0.1) is 5.92 Å². The van der Waals surface area contributed by atoms with Gasteiger partial charge in [0.15, 0.2) is 0 Å². The summed E-state index contributed by atoms with van der Waals surface area (Å²) in [7, 11) is 1.77. The predicted octanol–water partition coefficient (Wildman–Crippen LogP) is 2.94. The van der Waals surface area contributed by atoms with Crippen molar-refractivity contribution < 1.29 is 9.47 Å². The summed E-state index contributed by atoms with van der Waals surface area (Å²) < 4.78 is 10.8. The average Bonchev–Trinajstić information content (AvgIpc) is 2.85. The van der Waals surface area contributed by atoms with Crippen molar-refractivity contribution in [2.45, 2.75) is 32.7 Å². The minimum Gasteiger partial charge on any atom is -0.493 e. The van der Waals surface area contributed by atoms with Crippen LogP contribution in [0.5, 0.6) is 5.75 Å². The Kier molecular flexibility index (Phi) is 5.23. The minimum atomic E-state index is 0.404. The summed E-state index contributed by atoms with van der Waals surface area (Å²) in [5, 5.41) is 3.58. The van der Waals surface area contributed by atoms with Gasteiger partial charge in [0.2, 0.25) is 0 Å². The second kappa shape index (κ2) is 6.92. The van der Waals surface area contributed by atoms with Gasteiger partial charge in [-0.25, -0.2) is 0 Å². The molecule has 3 nitrogen and oxygen atoms in total.